The first-order valence-corrected chi connectivity index (χ1v) is 6.68. The molecule has 0 aromatic heterocycles. The van der Waals surface area contributed by atoms with Crippen LogP contribution in [0, 0.1) is 5.92 Å². The first kappa shape index (κ1) is 16.7. The first-order valence-electron chi connectivity index (χ1n) is 6.68. The number of rotatable bonds is 3. The van der Waals surface area contributed by atoms with Crippen LogP contribution >= 0.6 is 0 Å². The van der Waals surface area contributed by atoms with E-state index in [0.29, 0.717) is 0 Å². The Morgan fingerprint density at radius 2 is 1.90 bits per heavy atom. The second-order valence-corrected chi connectivity index (χ2v) is 5.82. The molecule has 0 spiro atoms. The van der Waals surface area contributed by atoms with Crippen LogP contribution in [0.1, 0.15) is 34.1 Å². The molecule has 0 aromatic rings. The normalized spacial score (nSPS) is 29.9. The summed E-state index contributed by atoms with van der Waals surface area (Å²) in [5, 5.41) is 21.9. The molecule has 0 aliphatic heterocycles. The number of carbonyl (C=O) groups excluding carboxylic acids is 2. The summed E-state index contributed by atoms with van der Waals surface area (Å²) in [5.41, 5.74) is -0.689. The van der Waals surface area contributed by atoms with E-state index in [1.807, 2.05) is 0 Å². The van der Waals surface area contributed by atoms with Crippen LogP contribution in [0.4, 0.5) is 4.79 Å². The molecule has 0 saturated heterocycles. The maximum absolute atomic E-state index is 11.8. The molecule has 1 rings (SSSR count). The maximum Gasteiger partial charge on any atom is 0.407 e. The highest BCUT2D eigenvalue weighted by Crippen LogP contribution is 2.28. The van der Waals surface area contributed by atoms with Crippen molar-refractivity contribution in [3.05, 3.63) is 0 Å². The van der Waals surface area contributed by atoms with Gasteiger partial charge in [0.25, 0.3) is 0 Å². The monoisotopic (exact) mass is 289 g/mol. The minimum atomic E-state index is -1.23. The molecule has 1 fully saturated rings. The largest absolute Gasteiger partial charge is 0.466 e. The van der Waals surface area contributed by atoms with Crippen LogP contribution in [0.5, 0.6) is 0 Å². The number of aliphatic hydroxyl groups is 2. The molecule has 0 bridgehead atoms. The number of esters is 1. The number of hydrogen-bond acceptors (Lipinski definition) is 6. The van der Waals surface area contributed by atoms with Crippen LogP contribution < -0.4 is 5.32 Å². The van der Waals surface area contributed by atoms with Gasteiger partial charge in [-0.25, -0.2) is 4.79 Å². The third-order valence-electron chi connectivity index (χ3n) is 2.96. The Morgan fingerprint density at radius 3 is 2.40 bits per heavy atom. The zero-order valence-electron chi connectivity index (χ0n) is 12.3. The quantitative estimate of drug-likeness (QED) is 0.640. The molecule has 0 radical (unpaired) electrons. The fourth-order valence-electron chi connectivity index (χ4n) is 2.15. The van der Waals surface area contributed by atoms with E-state index in [1.54, 1.807) is 27.7 Å². The van der Waals surface area contributed by atoms with Crippen LogP contribution in [0.3, 0.4) is 0 Å². The molecule has 116 valence electrons. The molecule has 20 heavy (non-hydrogen) atoms. The van der Waals surface area contributed by atoms with E-state index in [2.05, 4.69) is 5.32 Å². The van der Waals surface area contributed by atoms with Crippen LogP contribution in [0.15, 0.2) is 0 Å². The summed E-state index contributed by atoms with van der Waals surface area (Å²) in [6.45, 7) is 6.97. The van der Waals surface area contributed by atoms with E-state index < -0.39 is 41.8 Å². The SMILES string of the molecule is CCOC(=O)[C@H]1C[C@H](O)[C@H](O)[C@@H]1NC(=O)OC(C)(C)C. The first-order chi connectivity index (χ1) is 9.15. The Balaban J connectivity index is 2.72. The van der Waals surface area contributed by atoms with Crippen molar-refractivity contribution >= 4 is 12.1 Å². The average molecular weight is 289 g/mol. The Bertz CT molecular complexity index is 364. The van der Waals surface area contributed by atoms with Crippen LogP contribution in [-0.4, -0.2) is 52.7 Å². The Morgan fingerprint density at radius 1 is 1.30 bits per heavy atom. The van der Waals surface area contributed by atoms with E-state index in [0.717, 1.165) is 0 Å². The number of nitrogens with one attached hydrogen (secondary N) is 1. The van der Waals surface area contributed by atoms with Crippen LogP contribution in [0.25, 0.3) is 0 Å². The summed E-state index contributed by atoms with van der Waals surface area (Å²) < 4.78 is 9.96. The molecule has 7 nitrogen and oxygen atoms in total. The average Bonchev–Trinajstić information content (AvgIpc) is 2.55. The molecule has 1 aliphatic carbocycles. The molecule has 1 saturated carbocycles. The van der Waals surface area contributed by atoms with Crippen molar-refractivity contribution in [1.29, 1.82) is 0 Å². The molecular formula is C13H23NO6. The standard InChI is InChI=1S/C13H23NO6/c1-5-19-11(17)7-6-8(15)10(16)9(7)14-12(18)20-13(2,3)4/h7-10,15-16H,5-6H2,1-4H3,(H,14,18)/t7-,8-,9+,10-/m0/s1. The van der Waals surface area contributed by atoms with Crippen LogP contribution in [-0.2, 0) is 14.3 Å². The van der Waals surface area contributed by atoms with Gasteiger partial charge in [0.15, 0.2) is 0 Å². The van der Waals surface area contributed by atoms with Gasteiger partial charge in [-0.1, -0.05) is 0 Å². The summed E-state index contributed by atoms with van der Waals surface area (Å²) >= 11 is 0. The van der Waals surface area contributed by atoms with Crippen LogP contribution in [0.2, 0.25) is 0 Å². The lowest BCUT2D eigenvalue weighted by Gasteiger charge is -2.25. The Labute approximate surface area is 118 Å². The van der Waals surface area contributed by atoms with Gasteiger partial charge >= 0.3 is 12.1 Å². The summed E-state index contributed by atoms with van der Waals surface area (Å²) in [7, 11) is 0. The molecule has 0 unspecified atom stereocenters. The Kier molecular flexibility index (Phi) is 5.35. The fraction of sp³-hybridized carbons (Fsp3) is 0.846. The van der Waals surface area contributed by atoms with Gasteiger partial charge in [-0.05, 0) is 34.1 Å². The number of hydrogen-bond donors (Lipinski definition) is 3. The number of carbonyl (C=O) groups is 2. The lowest BCUT2D eigenvalue weighted by Crippen LogP contribution is -2.49. The number of alkyl carbamates (subject to hydrolysis) is 1. The van der Waals surface area contributed by atoms with Crippen molar-refractivity contribution in [2.45, 2.75) is 58.0 Å². The molecule has 7 heteroatoms. The van der Waals surface area contributed by atoms with E-state index in [9.17, 15) is 19.8 Å². The van der Waals surface area contributed by atoms with Crippen molar-refractivity contribution in [3.63, 3.8) is 0 Å². The minimum Gasteiger partial charge on any atom is -0.466 e. The van der Waals surface area contributed by atoms with Gasteiger partial charge in [0, 0.05) is 0 Å². The van der Waals surface area contributed by atoms with Gasteiger partial charge in [0.2, 0.25) is 0 Å². The van der Waals surface area contributed by atoms with Gasteiger partial charge in [0.1, 0.15) is 11.7 Å². The van der Waals surface area contributed by atoms with E-state index in [4.69, 9.17) is 9.47 Å². The topological polar surface area (TPSA) is 105 Å². The molecular weight excluding hydrogens is 266 g/mol. The predicted octanol–water partition coefficient (Wildman–Crippen LogP) is 0.184. The second-order valence-electron chi connectivity index (χ2n) is 5.82. The van der Waals surface area contributed by atoms with Crippen molar-refractivity contribution in [2.75, 3.05) is 6.61 Å². The Hall–Kier alpha value is -1.34. The summed E-state index contributed by atoms with van der Waals surface area (Å²) in [6.07, 6.45) is -3.01. The van der Waals surface area contributed by atoms with Crippen molar-refractivity contribution in [1.82, 2.24) is 5.32 Å². The third kappa shape index (κ3) is 4.35. The molecule has 0 heterocycles. The summed E-state index contributed by atoms with van der Waals surface area (Å²) in [4.78, 5) is 23.5. The zero-order valence-corrected chi connectivity index (χ0v) is 12.3. The smallest absolute Gasteiger partial charge is 0.407 e. The maximum atomic E-state index is 11.8. The predicted molar refractivity (Wildman–Crippen MR) is 69.9 cm³/mol. The minimum absolute atomic E-state index is 0.0421. The van der Waals surface area contributed by atoms with E-state index in [1.165, 1.54) is 0 Å². The second kappa shape index (κ2) is 6.41. The number of amides is 1. The summed E-state index contributed by atoms with van der Waals surface area (Å²) in [6, 6.07) is -0.918. The summed E-state index contributed by atoms with van der Waals surface area (Å²) in [5.74, 6) is -1.34. The van der Waals surface area contributed by atoms with Gasteiger partial charge in [-0.2, -0.15) is 0 Å². The lowest BCUT2D eigenvalue weighted by atomic mass is 10.0. The highest BCUT2D eigenvalue weighted by Gasteiger charge is 2.47. The lowest BCUT2D eigenvalue weighted by molar-refractivity contribution is -0.148. The molecule has 4 atom stereocenters. The number of aliphatic hydroxyl groups excluding tert-OH is 2. The van der Waals surface area contributed by atoms with E-state index >= 15 is 0 Å². The molecule has 1 aliphatic rings. The fourth-order valence-corrected chi connectivity index (χ4v) is 2.15. The third-order valence-corrected chi connectivity index (χ3v) is 2.96. The van der Waals surface area contributed by atoms with Gasteiger partial charge < -0.3 is 25.0 Å². The van der Waals surface area contributed by atoms with Crippen molar-refractivity contribution in [2.24, 2.45) is 5.92 Å². The highest BCUT2D eigenvalue weighted by molar-refractivity contribution is 5.76. The molecule has 3 N–H and O–H groups in total. The van der Waals surface area contributed by atoms with Crippen molar-refractivity contribution < 1.29 is 29.3 Å². The molecule has 1 amide bonds. The van der Waals surface area contributed by atoms with Gasteiger partial charge in [0.05, 0.1) is 24.7 Å². The van der Waals surface area contributed by atoms with E-state index in [-0.39, 0.29) is 13.0 Å². The number of ether oxygens (including phenoxy) is 2. The van der Waals surface area contributed by atoms with Crippen molar-refractivity contribution in [3.8, 4) is 0 Å². The van der Waals surface area contributed by atoms with Gasteiger partial charge in [-0.15, -0.1) is 0 Å². The van der Waals surface area contributed by atoms with Gasteiger partial charge in [-0.3, -0.25) is 4.79 Å². The molecule has 0 aromatic carbocycles. The highest BCUT2D eigenvalue weighted by atomic mass is 16.6. The zero-order chi connectivity index (χ0) is 15.5.